The summed E-state index contributed by atoms with van der Waals surface area (Å²) in [7, 11) is 0. The highest BCUT2D eigenvalue weighted by Crippen LogP contribution is 1.69. The topological polar surface area (TPSA) is 24.4 Å². The first kappa shape index (κ1) is 7.95. The van der Waals surface area contributed by atoms with E-state index in [9.17, 15) is 0 Å². The first-order chi connectivity index (χ1) is 4.41. The minimum Gasteiger partial charge on any atom is -0.367 e. The fourth-order valence-corrected chi connectivity index (χ4v) is 0.324. The van der Waals surface area contributed by atoms with Gasteiger partial charge in [0.15, 0.2) is 0 Å². The summed E-state index contributed by atoms with van der Waals surface area (Å²) in [5.41, 5.74) is 0. The van der Waals surface area contributed by atoms with Crippen LogP contribution < -0.4 is 5.32 Å². The molecule has 0 bridgehead atoms. The van der Waals surface area contributed by atoms with Crippen LogP contribution in [-0.2, 0) is 0 Å². The molecule has 0 saturated carbocycles. The number of nitrogens with zero attached hydrogens (tertiary/aromatic N) is 1. The second kappa shape index (κ2) is 6.95. The quantitative estimate of drug-likeness (QED) is 0.568. The molecule has 1 N–H and O–H groups in total. The molecule has 0 fully saturated rings. The van der Waals surface area contributed by atoms with Gasteiger partial charge < -0.3 is 5.32 Å². The molecule has 50 valence electrons. The molecule has 2 heteroatoms. The minimum atomic E-state index is 1.69. The Balaban J connectivity index is 3.25. The summed E-state index contributed by atoms with van der Waals surface area (Å²) in [5.74, 6) is 0. The SMILES string of the molecule is C/C=C\N/C=C\N=C\C. The Morgan fingerprint density at radius 3 is 2.56 bits per heavy atom. The molecule has 0 aromatic carbocycles. The molecule has 0 saturated heterocycles. The summed E-state index contributed by atoms with van der Waals surface area (Å²) in [6, 6.07) is 0. The van der Waals surface area contributed by atoms with E-state index in [0.717, 1.165) is 0 Å². The second-order valence-corrected chi connectivity index (χ2v) is 1.39. The van der Waals surface area contributed by atoms with E-state index in [1.165, 1.54) is 0 Å². The molecule has 2 nitrogen and oxygen atoms in total. The number of aliphatic imine (C=N–C) groups is 1. The van der Waals surface area contributed by atoms with Crippen LogP contribution in [0.3, 0.4) is 0 Å². The summed E-state index contributed by atoms with van der Waals surface area (Å²) >= 11 is 0. The standard InChI is InChI=1S/C7H12N2/c1-3-5-9-7-6-8-4-2/h3-7,9H,1-2H3/b5-3-,7-6-,8-4+. The molecule has 0 atom stereocenters. The van der Waals surface area contributed by atoms with E-state index >= 15 is 0 Å². The maximum atomic E-state index is 3.84. The van der Waals surface area contributed by atoms with Gasteiger partial charge in [-0.2, -0.15) is 0 Å². The van der Waals surface area contributed by atoms with Crippen LogP contribution in [0, 0.1) is 0 Å². The lowest BCUT2D eigenvalue weighted by Crippen LogP contribution is -1.88. The number of hydrogen-bond donors (Lipinski definition) is 1. The molecule has 0 rings (SSSR count). The Morgan fingerprint density at radius 1 is 1.22 bits per heavy atom. The Hall–Kier alpha value is -1.05. The van der Waals surface area contributed by atoms with Crippen molar-refractivity contribution in [2.45, 2.75) is 13.8 Å². The van der Waals surface area contributed by atoms with E-state index in [2.05, 4.69) is 10.3 Å². The van der Waals surface area contributed by atoms with Crippen molar-refractivity contribution in [2.24, 2.45) is 4.99 Å². The molecule has 0 radical (unpaired) electrons. The zero-order valence-electron chi connectivity index (χ0n) is 5.83. The molecule has 9 heavy (non-hydrogen) atoms. The van der Waals surface area contributed by atoms with Crippen molar-refractivity contribution >= 4 is 6.21 Å². The van der Waals surface area contributed by atoms with Crippen LogP contribution in [0.2, 0.25) is 0 Å². The molecule has 0 unspecified atom stereocenters. The summed E-state index contributed by atoms with van der Waals surface area (Å²) in [5, 5.41) is 2.90. The molecule has 0 spiro atoms. The number of allylic oxidation sites excluding steroid dienone is 1. The lowest BCUT2D eigenvalue weighted by Gasteiger charge is -1.82. The third kappa shape index (κ3) is 6.95. The van der Waals surface area contributed by atoms with E-state index in [1.54, 1.807) is 18.6 Å². The van der Waals surface area contributed by atoms with Gasteiger partial charge in [-0.15, -0.1) is 0 Å². The molecule has 0 aromatic heterocycles. The van der Waals surface area contributed by atoms with Crippen molar-refractivity contribution in [3.8, 4) is 0 Å². The summed E-state index contributed by atoms with van der Waals surface area (Å²) in [6.07, 6.45) is 8.94. The van der Waals surface area contributed by atoms with Gasteiger partial charge in [-0.25, -0.2) is 0 Å². The fourth-order valence-electron chi connectivity index (χ4n) is 0.324. The van der Waals surface area contributed by atoms with E-state index in [-0.39, 0.29) is 0 Å². The van der Waals surface area contributed by atoms with Crippen LogP contribution in [0.1, 0.15) is 13.8 Å². The van der Waals surface area contributed by atoms with Crippen molar-refractivity contribution in [2.75, 3.05) is 0 Å². The molecule has 0 amide bonds. The molecule has 0 heterocycles. The molecular weight excluding hydrogens is 112 g/mol. The van der Waals surface area contributed by atoms with Crippen LogP contribution in [0.25, 0.3) is 0 Å². The highest BCUT2D eigenvalue weighted by molar-refractivity contribution is 5.54. The smallest absolute Gasteiger partial charge is 0.0423 e. The lowest BCUT2D eigenvalue weighted by molar-refractivity contribution is 1.18. The van der Waals surface area contributed by atoms with Gasteiger partial charge in [-0.1, -0.05) is 6.08 Å². The summed E-state index contributed by atoms with van der Waals surface area (Å²) < 4.78 is 0. The van der Waals surface area contributed by atoms with Gasteiger partial charge in [0.05, 0.1) is 0 Å². The molecule has 0 aliphatic carbocycles. The van der Waals surface area contributed by atoms with Crippen LogP contribution in [0.4, 0.5) is 0 Å². The Bertz CT molecular complexity index is 123. The lowest BCUT2D eigenvalue weighted by atomic mass is 10.7. The zero-order valence-corrected chi connectivity index (χ0v) is 5.83. The third-order valence-corrected chi connectivity index (χ3v) is 0.669. The van der Waals surface area contributed by atoms with Gasteiger partial charge in [0.2, 0.25) is 0 Å². The summed E-state index contributed by atoms with van der Waals surface area (Å²) in [6.45, 7) is 3.82. The number of hydrogen-bond acceptors (Lipinski definition) is 2. The second-order valence-electron chi connectivity index (χ2n) is 1.39. The van der Waals surface area contributed by atoms with E-state index in [1.807, 2.05) is 26.1 Å². The molecule has 0 aliphatic rings. The van der Waals surface area contributed by atoms with Gasteiger partial charge in [0, 0.05) is 18.6 Å². The molecular formula is C7H12N2. The van der Waals surface area contributed by atoms with Crippen molar-refractivity contribution in [1.82, 2.24) is 5.32 Å². The number of rotatable bonds is 3. The maximum absolute atomic E-state index is 3.84. The monoisotopic (exact) mass is 124 g/mol. The molecule has 0 aromatic rings. The van der Waals surface area contributed by atoms with Gasteiger partial charge in [-0.05, 0) is 20.0 Å². The van der Waals surface area contributed by atoms with Crippen LogP contribution in [0.15, 0.2) is 29.7 Å². The molecule has 0 aliphatic heterocycles. The zero-order chi connectivity index (χ0) is 6.95. The van der Waals surface area contributed by atoms with Crippen LogP contribution in [0.5, 0.6) is 0 Å². The fraction of sp³-hybridized carbons (Fsp3) is 0.286. The minimum absolute atomic E-state index is 1.69. The highest BCUT2D eigenvalue weighted by Gasteiger charge is 1.59. The first-order valence-electron chi connectivity index (χ1n) is 2.92. The van der Waals surface area contributed by atoms with Gasteiger partial charge >= 0.3 is 0 Å². The Labute approximate surface area is 56.0 Å². The third-order valence-electron chi connectivity index (χ3n) is 0.669. The van der Waals surface area contributed by atoms with Crippen molar-refractivity contribution in [3.63, 3.8) is 0 Å². The van der Waals surface area contributed by atoms with Gasteiger partial charge in [0.1, 0.15) is 0 Å². The van der Waals surface area contributed by atoms with E-state index in [4.69, 9.17) is 0 Å². The van der Waals surface area contributed by atoms with Crippen molar-refractivity contribution < 1.29 is 0 Å². The maximum Gasteiger partial charge on any atom is 0.0423 e. The Kier molecular flexibility index (Phi) is 6.14. The van der Waals surface area contributed by atoms with E-state index < -0.39 is 0 Å². The highest BCUT2D eigenvalue weighted by atomic mass is 14.8. The van der Waals surface area contributed by atoms with Crippen LogP contribution >= 0.6 is 0 Å². The van der Waals surface area contributed by atoms with Crippen molar-refractivity contribution in [1.29, 1.82) is 0 Å². The number of nitrogens with one attached hydrogen (secondary N) is 1. The predicted octanol–water partition coefficient (Wildman–Crippen LogP) is 1.67. The van der Waals surface area contributed by atoms with Crippen LogP contribution in [-0.4, -0.2) is 6.21 Å². The summed E-state index contributed by atoms with van der Waals surface area (Å²) in [4.78, 5) is 3.84. The normalized spacial score (nSPS) is 12.2. The largest absolute Gasteiger partial charge is 0.367 e. The average molecular weight is 124 g/mol. The van der Waals surface area contributed by atoms with E-state index in [0.29, 0.717) is 0 Å². The predicted molar refractivity (Wildman–Crippen MR) is 41.3 cm³/mol. The first-order valence-corrected chi connectivity index (χ1v) is 2.92. The Morgan fingerprint density at radius 2 is 2.00 bits per heavy atom. The van der Waals surface area contributed by atoms with Gasteiger partial charge in [-0.3, -0.25) is 4.99 Å². The average Bonchev–Trinajstić information content (AvgIpc) is 1.89. The van der Waals surface area contributed by atoms with Crippen molar-refractivity contribution in [3.05, 3.63) is 24.7 Å². The van der Waals surface area contributed by atoms with Gasteiger partial charge in [0.25, 0.3) is 0 Å².